The van der Waals surface area contributed by atoms with Crippen LogP contribution in [0.2, 0.25) is 10.0 Å². The van der Waals surface area contributed by atoms with Gasteiger partial charge in [-0.2, -0.15) is 0 Å². The highest BCUT2D eigenvalue weighted by atomic mass is 35.5. The van der Waals surface area contributed by atoms with Gasteiger partial charge < -0.3 is 14.8 Å². The van der Waals surface area contributed by atoms with Crippen molar-refractivity contribution >= 4 is 45.6 Å². The Balaban J connectivity index is 1.68. The minimum absolute atomic E-state index is 0.163. The van der Waals surface area contributed by atoms with Gasteiger partial charge >= 0.3 is 0 Å². The average molecular weight is 442 g/mol. The minimum atomic E-state index is -0.966. The zero-order valence-electron chi connectivity index (χ0n) is 15.4. The molecule has 0 bridgehead atoms. The summed E-state index contributed by atoms with van der Waals surface area (Å²) < 4.78 is 23.0. The van der Waals surface area contributed by atoms with E-state index in [1.807, 2.05) is 18.2 Å². The van der Waals surface area contributed by atoms with E-state index in [-0.39, 0.29) is 21.2 Å². The van der Waals surface area contributed by atoms with Gasteiger partial charge in [0, 0.05) is 46.3 Å². The standard InChI is InChI=1S/C20H21Cl2NO4S/c1-26-19-17(21)10-14(11-18(19)22)20(24)23-15-4-2-3-13(9-15)12-28(25)16-5-7-27-8-6-16/h2-4,9-11,16H,5-8,12H2,1H3,(H,23,24). The van der Waals surface area contributed by atoms with Gasteiger partial charge in [0.2, 0.25) is 0 Å². The lowest BCUT2D eigenvalue weighted by molar-refractivity contribution is 0.0991. The van der Waals surface area contributed by atoms with E-state index in [0.717, 1.165) is 18.4 Å². The highest BCUT2D eigenvalue weighted by Gasteiger charge is 2.20. The van der Waals surface area contributed by atoms with Crippen molar-refractivity contribution in [1.82, 2.24) is 0 Å². The van der Waals surface area contributed by atoms with Crippen LogP contribution in [0.15, 0.2) is 36.4 Å². The summed E-state index contributed by atoms with van der Waals surface area (Å²) in [6.45, 7) is 1.33. The first-order valence-corrected chi connectivity index (χ1v) is 11.0. The number of carbonyl (C=O) groups is 1. The Labute approximate surface area is 176 Å². The fraction of sp³-hybridized carbons (Fsp3) is 0.350. The van der Waals surface area contributed by atoms with Crippen molar-refractivity contribution in [2.45, 2.75) is 23.8 Å². The predicted molar refractivity (Wildman–Crippen MR) is 113 cm³/mol. The van der Waals surface area contributed by atoms with Crippen LogP contribution in [0.25, 0.3) is 0 Å². The second-order valence-electron chi connectivity index (χ2n) is 6.46. The number of anilines is 1. The van der Waals surface area contributed by atoms with Gasteiger partial charge in [0.15, 0.2) is 5.75 Å². The van der Waals surface area contributed by atoms with Crippen LogP contribution in [0, 0.1) is 0 Å². The molecule has 28 heavy (non-hydrogen) atoms. The van der Waals surface area contributed by atoms with Crippen LogP contribution < -0.4 is 10.1 Å². The van der Waals surface area contributed by atoms with Crippen LogP contribution in [0.4, 0.5) is 5.69 Å². The third kappa shape index (κ3) is 5.26. The van der Waals surface area contributed by atoms with E-state index in [1.54, 1.807) is 6.07 Å². The molecule has 8 heteroatoms. The Morgan fingerprint density at radius 3 is 2.54 bits per heavy atom. The van der Waals surface area contributed by atoms with Gasteiger partial charge in [-0.05, 0) is 42.7 Å². The number of methoxy groups -OCH3 is 1. The molecule has 1 heterocycles. The zero-order valence-corrected chi connectivity index (χ0v) is 17.7. The number of amides is 1. The van der Waals surface area contributed by atoms with Crippen LogP contribution in [0.5, 0.6) is 5.75 Å². The molecule has 0 aromatic heterocycles. The highest BCUT2D eigenvalue weighted by Crippen LogP contribution is 2.34. The summed E-state index contributed by atoms with van der Waals surface area (Å²) in [4.78, 5) is 12.6. The summed E-state index contributed by atoms with van der Waals surface area (Å²) in [5, 5.41) is 3.52. The van der Waals surface area contributed by atoms with Crippen molar-refractivity contribution in [2.75, 3.05) is 25.6 Å². The molecular formula is C20H21Cl2NO4S. The lowest BCUT2D eigenvalue weighted by Crippen LogP contribution is -2.25. The third-order valence-corrected chi connectivity index (χ3v) is 6.89. The van der Waals surface area contributed by atoms with Crippen LogP contribution in [0.1, 0.15) is 28.8 Å². The Bertz CT molecular complexity index is 861. The monoisotopic (exact) mass is 441 g/mol. The molecule has 1 aliphatic heterocycles. The fourth-order valence-corrected chi connectivity index (χ4v) is 5.15. The van der Waals surface area contributed by atoms with E-state index in [0.29, 0.717) is 36.0 Å². The molecule has 0 spiro atoms. The molecule has 0 radical (unpaired) electrons. The maximum absolute atomic E-state index is 12.6. The maximum atomic E-state index is 12.6. The molecule has 1 N–H and O–H groups in total. The van der Waals surface area contributed by atoms with E-state index in [4.69, 9.17) is 32.7 Å². The van der Waals surface area contributed by atoms with E-state index in [9.17, 15) is 9.00 Å². The third-order valence-electron chi connectivity index (χ3n) is 4.50. The number of nitrogens with one attached hydrogen (secondary N) is 1. The number of rotatable bonds is 6. The van der Waals surface area contributed by atoms with Gasteiger partial charge in [-0.1, -0.05) is 35.3 Å². The number of hydrogen-bond acceptors (Lipinski definition) is 4. The first-order chi connectivity index (χ1) is 13.5. The first kappa shape index (κ1) is 21.1. The van der Waals surface area contributed by atoms with E-state index < -0.39 is 10.8 Å². The van der Waals surface area contributed by atoms with Crippen LogP contribution in [0.3, 0.4) is 0 Å². The summed E-state index contributed by atoms with van der Waals surface area (Å²) in [6, 6.07) is 10.4. The van der Waals surface area contributed by atoms with E-state index in [2.05, 4.69) is 5.32 Å². The SMILES string of the molecule is COc1c(Cl)cc(C(=O)Nc2cccc(CS(=O)C3CCOCC3)c2)cc1Cl. The number of benzene rings is 2. The second kappa shape index (κ2) is 9.74. The lowest BCUT2D eigenvalue weighted by Gasteiger charge is -2.21. The molecule has 1 saturated heterocycles. The fourth-order valence-electron chi connectivity index (χ4n) is 3.05. The average Bonchev–Trinajstić information content (AvgIpc) is 2.68. The van der Waals surface area contributed by atoms with Gasteiger partial charge in [-0.25, -0.2) is 0 Å². The summed E-state index contributed by atoms with van der Waals surface area (Å²) in [7, 11) is 0.495. The number of ether oxygens (including phenoxy) is 2. The molecule has 0 aliphatic carbocycles. The molecule has 150 valence electrons. The molecule has 2 aromatic carbocycles. The molecule has 1 fully saturated rings. The molecule has 1 amide bonds. The Morgan fingerprint density at radius 2 is 1.89 bits per heavy atom. The summed E-state index contributed by atoms with van der Waals surface area (Å²) in [5.41, 5.74) is 1.86. The van der Waals surface area contributed by atoms with E-state index in [1.165, 1.54) is 19.2 Å². The van der Waals surface area contributed by atoms with Crippen molar-refractivity contribution in [3.8, 4) is 5.75 Å². The molecular weight excluding hydrogens is 421 g/mol. The zero-order chi connectivity index (χ0) is 20.1. The quantitative estimate of drug-likeness (QED) is 0.706. The van der Waals surface area contributed by atoms with E-state index >= 15 is 0 Å². The molecule has 1 unspecified atom stereocenters. The largest absolute Gasteiger partial charge is 0.494 e. The van der Waals surface area contributed by atoms with Crippen LogP contribution in [-0.2, 0) is 21.3 Å². The van der Waals surface area contributed by atoms with Gasteiger partial charge in [0.1, 0.15) is 0 Å². The second-order valence-corrected chi connectivity index (χ2v) is 9.00. The topological polar surface area (TPSA) is 64.6 Å². The molecule has 3 rings (SSSR count). The lowest BCUT2D eigenvalue weighted by atomic mass is 10.1. The summed E-state index contributed by atoms with van der Waals surface area (Å²) in [6.07, 6.45) is 1.64. The molecule has 2 aromatic rings. The summed E-state index contributed by atoms with van der Waals surface area (Å²) >= 11 is 12.2. The maximum Gasteiger partial charge on any atom is 0.255 e. The van der Waals surface area contributed by atoms with Crippen molar-refractivity contribution in [3.63, 3.8) is 0 Å². The smallest absolute Gasteiger partial charge is 0.255 e. The molecule has 1 aliphatic rings. The normalized spacial score (nSPS) is 15.8. The number of carbonyl (C=O) groups excluding carboxylic acids is 1. The summed E-state index contributed by atoms with van der Waals surface area (Å²) in [5.74, 6) is 0.445. The number of hydrogen-bond donors (Lipinski definition) is 1. The highest BCUT2D eigenvalue weighted by molar-refractivity contribution is 7.84. The van der Waals surface area contributed by atoms with Crippen LogP contribution in [-0.4, -0.2) is 35.7 Å². The van der Waals surface area contributed by atoms with Gasteiger partial charge in [-0.15, -0.1) is 0 Å². The number of halogens is 2. The minimum Gasteiger partial charge on any atom is -0.494 e. The van der Waals surface area contributed by atoms with Crippen molar-refractivity contribution in [3.05, 3.63) is 57.6 Å². The Hall–Kier alpha value is -1.60. The Morgan fingerprint density at radius 1 is 1.21 bits per heavy atom. The predicted octanol–water partition coefficient (Wildman–Crippen LogP) is 4.68. The van der Waals surface area contributed by atoms with Crippen LogP contribution >= 0.6 is 23.2 Å². The molecule has 0 saturated carbocycles. The van der Waals surface area contributed by atoms with Gasteiger partial charge in [0.25, 0.3) is 5.91 Å². The Kier molecular flexibility index (Phi) is 7.35. The van der Waals surface area contributed by atoms with Gasteiger partial charge in [-0.3, -0.25) is 9.00 Å². The van der Waals surface area contributed by atoms with Crippen molar-refractivity contribution in [1.29, 1.82) is 0 Å². The molecule has 1 atom stereocenters. The van der Waals surface area contributed by atoms with Gasteiger partial charge in [0.05, 0.1) is 17.2 Å². The molecule has 5 nitrogen and oxygen atoms in total. The van der Waals surface area contributed by atoms with Crippen molar-refractivity contribution < 1.29 is 18.5 Å². The van der Waals surface area contributed by atoms with Crippen molar-refractivity contribution in [2.24, 2.45) is 0 Å². The first-order valence-electron chi connectivity index (χ1n) is 8.86.